The third kappa shape index (κ3) is 3.00. The highest BCUT2D eigenvalue weighted by Crippen LogP contribution is 2.11. The standard InChI is InChI=1S/C10H16N2O2S/c1-7(5-14-4)12(3)10(13)9-6-15-8(2)11-9/h6-7H,5H2,1-4H3. The van der Waals surface area contributed by atoms with Crippen molar-refractivity contribution in [3.8, 4) is 0 Å². The molecular weight excluding hydrogens is 212 g/mol. The third-order valence-corrected chi connectivity index (χ3v) is 3.00. The summed E-state index contributed by atoms with van der Waals surface area (Å²) in [7, 11) is 3.39. The van der Waals surface area contributed by atoms with E-state index in [0.717, 1.165) is 5.01 Å². The van der Waals surface area contributed by atoms with Crippen molar-refractivity contribution in [2.45, 2.75) is 19.9 Å². The van der Waals surface area contributed by atoms with E-state index in [2.05, 4.69) is 4.98 Å². The van der Waals surface area contributed by atoms with Crippen LogP contribution in [0.2, 0.25) is 0 Å². The first kappa shape index (κ1) is 12.1. The van der Waals surface area contributed by atoms with E-state index in [1.165, 1.54) is 11.3 Å². The van der Waals surface area contributed by atoms with E-state index in [1.807, 2.05) is 13.8 Å². The molecule has 0 N–H and O–H groups in total. The minimum Gasteiger partial charge on any atom is -0.383 e. The zero-order valence-corrected chi connectivity index (χ0v) is 10.3. The van der Waals surface area contributed by atoms with Gasteiger partial charge in [-0.2, -0.15) is 0 Å². The molecule has 5 heteroatoms. The number of carbonyl (C=O) groups is 1. The smallest absolute Gasteiger partial charge is 0.273 e. The minimum absolute atomic E-state index is 0.0519. The molecule has 0 aliphatic rings. The number of hydrogen-bond acceptors (Lipinski definition) is 4. The molecule has 0 fully saturated rings. The summed E-state index contributed by atoms with van der Waals surface area (Å²) in [6, 6.07) is 0.0597. The summed E-state index contributed by atoms with van der Waals surface area (Å²) < 4.78 is 5.00. The van der Waals surface area contributed by atoms with Gasteiger partial charge >= 0.3 is 0 Å². The molecule has 1 aromatic rings. The van der Waals surface area contributed by atoms with Crippen molar-refractivity contribution in [2.75, 3.05) is 20.8 Å². The van der Waals surface area contributed by atoms with Gasteiger partial charge < -0.3 is 9.64 Å². The van der Waals surface area contributed by atoms with Crippen molar-refractivity contribution in [3.05, 3.63) is 16.1 Å². The van der Waals surface area contributed by atoms with Crippen molar-refractivity contribution in [3.63, 3.8) is 0 Å². The van der Waals surface area contributed by atoms with E-state index in [-0.39, 0.29) is 11.9 Å². The molecule has 0 saturated carbocycles. The number of hydrogen-bond donors (Lipinski definition) is 0. The highest BCUT2D eigenvalue weighted by atomic mass is 32.1. The molecule has 1 aromatic heterocycles. The minimum atomic E-state index is -0.0519. The lowest BCUT2D eigenvalue weighted by Crippen LogP contribution is -2.37. The highest BCUT2D eigenvalue weighted by molar-refractivity contribution is 7.09. The first-order valence-corrected chi connectivity index (χ1v) is 5.62. The fourth-order valence-electron chi connectivity index (χ4n) is 1.20. The first-order valence-electron chi connectivity index (χ1n) is 4.74. The van der Waals surface area contributed by atoms with Crippen molar-refractivity contribution < 1.29 is 9.53 Å². The molecule has 1 amide bonds. The molecule has 0 aliphatic heterocycles. The lowest BCUT2D eigenvalue weighted by molar-refractivity contribution is 0.0628. The maximum Gasteiger partial charge on any atom is 0.273 e. The number of aryl methyl sites for hydroxylation is 1. The van der Waals surface area contributed by atoms with Crippen molar-refractivity contribution in [1.82, 2.24) is 9.88 Å². The second-order valence-electron chi connectivity index (χ2n) is 3.47. The lowest BCUT2D eigenvalue weighted by Gasteiger charge is -2.23. The molecule has 1 atom stereocenters. The van der Waals surface area contributed by atoms with Gasteiger partial charge in [0, 0.05) is 19.5 Å². The van der Waals surface area contributed by atoms with Crippen LogP contribution in [0.5, 0.6) is 0 Å². The number of aromatic nitrogens is 1. The van der Waals surface area contributed by atoms with Crippen molar-refractivity contribution in [1.29, 1.82) is 0 Å². The van der Waals surface area contributed by atoms with Crippen molar-refractivity contribution in [2.24, 2.45) is 0 Å². The topological polar surface area (TPSA) is 42.4 Å². The molecule has 0 aromatic carbocycles. The van der Waals surface area contributed by atoms with E-state index in [9.17, 15) is 4.79 Å². The van der Waals surface area contributed by atoms with Crippen LogP contribution in [0.15, 0.2) is 5.38 Å². The van der Waals surface area contributed by atoms with Crippen LogP contribution in [0.25, 0.3) is 0 Å². The molecular formula is C10H16N2O2S. The van der Waals surface area contributed by atoms with Crippen LogP contribution in [0, 0.1) is 6.92 Å². The van der Waals surface area contributed by atoms with Gasteiger partial charge in [-0.15, -0.1) is 11.3 Å². The Morgan fingerprint density at radius 3 is 2.87 bits per heavy atom. The Bertz CT molecular complexity index is 338. The Balaban J connectivity index is 2.68. The van der Waals surface area contributed by atoms with E-state index < -0.39 is 0 Å². The predicted molar refractivity (Wildman–Crippen MR) is 60.3 cm³/mol. The molecule has 84 valence electrons. The first-order chi connectivity index (χ1) is 7.06. The van der Waals surface area contributed by atoms with E-state index in [0.29, 0.717) is 12.3 Å². The van der Waals surface area contributed by atoms with E-state index in [4.69, 9.17) is 4.74 Å². The Hall–Kier alpha value is -0.940. The molecule has 0 aliphatic carbocycles. The van der Waals surface area contributed by atoms with Gasteiger partial charge in [0.05, 0.1) is 17.7 Å². The number of nitrogens with zero attached hydrogens (tertiary/aromatic N) is 2. The average Bonchev–Trinajstić information content (AvgIpc) is 2.63. The maximum absolute atomic E-state index is 11.9. The Labute approximate surface area is 93.9 Å². The van der Waals surface area contributed by atoms with E-state index >= 15 is 0 Å². The van der Waals surface area contributed by atoms with Crippen LogP contribution in [0.1, 0.15) is 22.4 Å². The van der Waals surface area contributed by atoms with Gasteiger partial charge in [0.25, 0.3) is 5.91 Å². The summed E-state index contributed by atoms with van der Waals surface area (Å²) >= 11 is 1.49. The molecule has 0 bridgehead atoms. The SMILES string of the molecule is COCC(C)N(C)C(=O)c1csc(C)n1. The molecule has 0 spiro atoms. The molecule has 15 heavy (non-hydrogen) atoms. The van der Waals surface area contributed by atoms with Crippen LogP contribution in [-0.4, -0.2) is 42.6 Å². The van der Waals surface area contributed by atoms with Crippen LogP contribution < -0.4 is 0 Å². The monoisotopic (exact) mass is 228 g/mol. The third-order valence-electron chi connectivity index (χ3n) is 2.23. The average molecular weight is 228 g/mol. The van der Waals surface area contributed by atoms with Gasteiger partial charge in [0.2, 0.25) is 0 Å². The second-order valence-corrected chi connectivity index (χ2v) is 4.53. The fraction of sp³-hybridized carbons (Fsp3) is 0.600. The Morgan fingerprint density at radius 1 is 1.73 bits per heavy atom. The second kappa shape index (κ2) is 5.23. The Kier molecular flexibility index (Phi) is 4.23. The normalized spacial score (nSPS) is 12.5. The van der Waals surface area contributed by atoms with Gasteiger partial charge in [-0.3, -0.25) is 4.79 Å². The van der Waals surface area contributed by atoms with Crippen molar-refractivity contribution >= 4 is 17.2 Å². The van der Waals surface area contributed by atoms with Crippen LogP contribution in [0.3, 0.4) is 0 Å². The largest absolute Gasteiger partial charge is 0.383 e. The summed E-state index contributed by atoms with van der Waals surface area (Å²) in [5.41, 5.74) is 0.517. The van der Waals surface area contributed by atoms with Crippen LogP contribution >= 0.6 is 11.3 Å². The molecule has 1 rings (SSSR count). The highest BCUT2D eigenvalue weighted by Gasteiger charge is 2.19. The molecule has 1 heterocycles. The van der Waals surface area contributed by atoms with Gasteiger partial charge in [0.15, 0.2) is 0 Å². The fourth-order valence-corrected chi connectivity index (χ4v) is 1.78. The number of ether oxygens (including phenoxy) is 1. The number of thiazole rings is 1. The lowest BCUT2D eigenvalue weighted by atomic mass is 10.3. The quantitative estimate of drug-likeness (QED) is 0.785. The number of likely N-dealkylation sites (N-methyl/N-ethyl adjacent to an activating group) is 1. The zero-order chi connectivity index (χ0) is 11.4. The predicted octanol–water partition coefficient (Wildman–Crippen LogP) is 1.56. The Morgan fingerprint density at radius 2 is 2.40 bits per heavy atom. The summed E-state index contributed by atoms with van der Waals surface area (Å²) in [4.78, 5) is 17.7. The summed E-state index contributed by atoms with van der Waals surface area (Å²) in [6.07, 6.45) is 0. The summed E-state index contributed by atoms with van der Waals surface area (Å²) in [6.45, 7) is 4.37. The maximum atomic E-state index is 11.9. The molecule has 4 nitrogen and oxygen atoms in total. The molecule has 0 radical (unpaired) electrons. The number of carbonyl (C=O) groups excluding carboxylic acids is 1. The van der Waals surface area contributed by atoms with Crippen LogP contribution in [-0.2, 0) is 4.74 Å². The number of methoxy groups -OCH3 is 1. The summed E-state index contributed by atoms with van der Waals surface area (Å²) in [5.74, 6) is -0.0519. The van der Waals surface area contributed by atoms with Gasteiger partial charge in [-0.1, -0.05) is 0 Å². The van der Waals surface area contributed by atoms with E-state index in [1.54, 1.807) is 24.4 Å². The number of amides is 1. The zero-order valence-electron chi connectivity index (χ0n) is 9.48. The molecule has 1 unspecified atom stereocenters. The van der Waals surface area contributed by atoms with Gasteiger partial charge in [-0.05, 0) is 13.8 Å². The van der Waals surface area contributed by atoms with Gasteiger partial charge in [0.1, 0.15) is 5.69 Å². The van der Waals surface area contributed by atoms with Gasteiger partial charge in [-0.25, -0.2) is 4.98 Å². The van der Waals surface area contributed by atoms with Crippen LogP contribution in [0.4, 0.5) is 0 Å². The molecule has 0 saturated heterocycles. The number of rotatable bonds is 4. The summed E-state index contributed by atoms with van der Waals surface area (Å²) in [5, 5.41) is 2.69.